The van der Waals surface area contributed by atoms with Crippen LogP contribution in [0.4, 0.5) is 0 Å². The number of aromatic hydroxyl groups is 1. The number of halogens is 1. The molecule has 0 radical (unpaired) electrons. The van der Waals surface area contributed by atoms with Gasteiger partial charge in [-0.15, -0.1) is 0 Å². The van der Waals surface area contributed by atoms with Gasteiger partial charge in [0.1, 0.15) is 5.75 Å². The largest absolute Gasteiger partial charge is 0.506 e. The van der Waals surface area contributed by atoms with Crippen LogP contribution >= 0.6 is 11.6 Å². The average Bonchev–Trinajstić information content (AvgIpc) is 2.14. The van der Waals surface area contributed by atoms with Crippen LogP contribution in [0.3, 0.4) is 0 Å². The van der Waals surface area contributed by atoms with Crippen LogP contribution in [-0.2, 0) is 0 Å². The number of phenols is 1. The lowest BCUT2D eigenvalue weighted by atomic mass is 9.96. The van der Waals surface area contributed by atoms with Gasteiger partial charge in [-0.1, -0.05) is 11.6 Å². The van der Waals surface area contributed by atoms with Gasteiger partial charge in [-0.25, -0.2) is 0 Å². The average molecular weight is 216 g/mol. The monoisotopic (exact) mass is 215 g/mol. The number of aryl methyl sites for hydroxylation is 1. The molecule has 0 aromatic heterocycles. The SMILES string of the molecule is Cc1cc(O)c(Cl)c(C)c1C(N)CO. The third-order valence-corrected chi connectivity index (χ3v) is 2.78. The van der Waals surface area contributed by atoms with Crippen molar-refractivity contribution in [2.45, 2.75) is 19.9 Å². The maximum Gasteiger partial charge on any atom is 0.134 e. The van der Waals surface area contributed by atoms with E-state index in [0.29, 0.717) is 5.02 Å². The van der Waals surface area contributed by atoms with E-state index < -0.39 is 6.04 Å². The molecule has 0 saturated carbocycles. The van der Waals surface area contributed by atoms with Crippen LogP contribution in [-0.4, -0.2) is 16.8 Å². The van der Waals surface area contributed by atoms with Gasteiger partial charge in [-0.3, -0.25) is 0 Å². The van der Waals surface area contributed by atoms with Crippen LogP contribution in [0.2, 0.25) is 5.02 Å². The summed E-state index contributed by atoms with van der Waals surface area (Å²) in [5.74, 6) is 0.0514. The molecule has 14 heavy (non-hydrogen) atoms. The number of aliphatic hydroxyl groups excluding tert-OH is 1. The highest BCUT2D eigenvalue weighted by Gasteiger charge is 2.15. The van der Waals surface area contributed by atoms with Gasteiger partial charge in [0.05, 0.1) is 17.7 Å². The molecule has 1 atom stereocenters. The van der Waals surface area contributed by atoms with Crippen molar-refractivity contribution in [1.29, 1.82) is 0 Å². The van der Waals surface area contributed by atoms with Gasteiger partial charge in [0, 0.05) is 0 Å². The summed E-state index contributed by atoms with van der Waals surface area (Å²) in [5, 5.41) is 18.7. The van der Waals surface area contributed by atoms with E-state index in [0.717, 1.165) is 16.7 Å². The van der Waals surface area contributed by atoms with E-state index in [1.54, 1.807) is 13.0 Å². The van der Waals surface area contributed by atoms with Crippen molar-refractivity contribution >= 4 is 11.6 Å². The second-order valence-electron chi connectivity index (χ2n) is 3.35. The van der Waals surface area contributed by atoms with E-state index in [1.165, 1.54) is 0 Å². The number of hydrogen-bond acceptors (Lipinski definition) is 3. The van der Waals surface area contributed by atoms with Crippen molar-refractivity contribution in [3.05, 3.63) is 27.8 Å². The van der Waals surface area contributed by atoms with Crippen LogP contribution in [0.1, 0.15) is 22.7 Å². The molecule has 0 bridgehead atoms. The summed E-state index contributed by atoms with van der Waals surface area (Å²) in [5.41, 5.74) is 8.09. The zero-order valence-corrected chi connectivity index (χ0v) is 8.97. The Kier molecular flexibility index (Phi) is 3.37. The van der Waals surface area contributed by atoms with Crippen LogP contribution < -0.4 is 5.73 Å². The van der Waals surface area contributed by atoms with E-state index in [9.17, 15) is 5.11 Å². The highest BCUT2D eigenvalue weighted by atomic mass is 35.5. The lowest BCUT2D eigenvalue weighted by Gasteiger charge is -2.17. The summed E-state index contributed by atoms with van der Waals surface area (Å²) >= 11 is 5.87. The Morgan fingerprint density at radius 2 is 2.07 bits per heavy atom. The predicted molar refractivity (Wildman–Crippen MR) is 56.6 cm³/mol. The molecule has 1 aromatic carbocycles. The second-order valence-corrected chi connectivity index (χ2v) is 3.73. The normalized spacial score (nSPS) is 12.9. The lowest BCUT2D eigenvalue weighted by Crippen LogP contribution is -2.17. The molecule has 0 saturated heterocycles. The number of aliphatic hydroxyl groups is 1. The summed E-state index contributed by atoms with van der Waals surface area (Å²) in [4.78, 5) is 0. The molecule has 0 heterocycles. The van der Waals surface area contributed by atoms with Crippen LogP contribution in [0.5, 0.6) is 5.75 Å². The van der Waals surface area contributed by atoms with Crippen molar-refractivity contribution in [3.8, 4) is 5.75 Å². The fourth-order valence-corrected chi connectivity index (χ4v) is 1.77. The van der Waals surface area contributed by atoms with Gasteiger partial charge in [0.15, 0.2) is 0 Å². The molecule has 0 amide bonds. The number of benzene rings is 1. The lowest BCUT2D eigenvalue weighted by molar-refractivity contribution is 0.267. The summed E-state index contributed by atoms with van der Waals surface area (Å²) in [6.45, 7) is 3.47. The number of phenolic OH excluding ortho intramolecular Hbond substituents is 1. The van der Waals surface area contributed by atoms with Crippen LogP contribution in [0, 0.1) is 13.8 Å². The minimum atomic E-state index is -0.451. The molecular weight excluding hydrogens is 202 g/mol. The third-order valence-electron chi connectivity index (χ3n) is 2.30. The molecule has 4 N–H and O–H groups in total. The van der Waals surface area contributed by atoms with Gasteiger partial charge in [-0.2, -0.15) is 0 Å². The van der Waals surface area contributed by atoms with E-state index >= 15 is 0 Å². The first-order valence-electron chi connectivity index (χ1n) is 4.34. The van der Waals surface area contributed by atoms with Crippen LogP contribution in [0.25, 0.3) is 0 Å². The smallest absolute Gasteiger partial charge is 0.134 e. The Morgan fingerprint density at radius 1 is 1.50 bits per heavy atom. The summed E-state index contributed by atoms with van der Waals surface area (Å²) < 4.78 is 0. The Hall–Kier alpha value is -0.770. The molecule has 0 fully saturated rings. The minimum Gasteiger partial charge on any atom is -0.506 e. The molecule has 1 unspecified atom stereocenters. The molecule has 0 spiro atoms. The Labute approximate surface area is 88.1 Å². The zero-order chi connectivity index (χ0) is 10.9. The number of rotatable bonds is 2. The first-order valence-corrected chi connectivity index (χ1v) is 4.71. The van der Waals surface area contributed by atoms with Crippen LogP contribution in [0.15, 0.2) is 6.07 Å². The Bertz CT molecular complexity index is 352. The fraction of sp³-hybridized carbons (Fsp3) is 0.400. The summed E-state index contributed by atoms with van der Waals surface area (Å²) in [6.07, 6.45) is 0. The zero-order valence-electron chi connectivity index (χ0n) is 8.21. The quantitative estimate of drug-likeness (QED) is 0.703. The molecular formula is C10H14ClNO2. The van der Waals surface area contributed by atoms with E-state index in [2.05, 4.69) is 0 Å². The first kappa shape index (κ1) is 11.3. The van der Waals surface area contributed by atoms with E-state index in [-0.39, 0.29) is 12.4 Å². The standard InChI is InChI=1S/C10H14ClNO2/c1-5-3-8(14)10(11)6(2)9(5)7(12)4-13/h3,7,13-14H,4,12H2,1-2H3. The van der Waals surface area contributed by atoms with E-state index in [1.807, 2.05) is 6.92 Å². The highest BCUT2D eigenvalue weighted by Crippen LogP contribution is 2.33. The molecule has 3 nitrogen and oxygen atoms in total. The fourth-order valence-electron chi connectivity index (χ4n) is 1.61. The van der Waals surface area contributed by atoms with Crippen molar-refractivity contribution in [3.63, 3.8) is 0 Å². The van der Waals surface area contributed by atoms with Crippen molar-refractivity contribution in [2.75, 3.05) is 6.61 Å². The van der Waals surface area contributed by atoms with Gasteiger partial charge in [0.2, 0.25) is 0 Å². The van der Waals surface area contributed by atoms with Crippen molar-refractivity contribution in [1.82, 2.24) is 0 Å². The molecule has 78 valence electrons. The summed E-state index contributed by atoms with van der Waals surface area (Å²) in [7, 11) is 0. The highest BCUT2D eigenvalue weighted by molar-refractivity contribution is 6.32. The minimum absolute atomic E-state index is 0.0514. The van der Waals surface area contributed by atoms with E-state index in [4.69, 9.17) is 22.4 Å². The predicted octanol–water partition coefficient (Wildman–Crippen LogP) is 1.65. The number of hydrogen-bond donors (Lipinski definition) is 3. The molecule has 0 aliphatic heterocycles. The molecule has 1 rings (SSSR count). The molecule has 0 aliphatic carbocycles. The maximum absolute atomic E-state index is 9.42. The van der Waals surface area contributed by atoms with Gasteiger partial charge in [-0.05, 0) is 36.6 Å². The number of nitrogens with two attached hydrogens (primary N) is 1. The van der Waals surface area contributed by atoms with Crippen molar-refractivity contribution in [2.24, 2.45) is 5.73 Å². The Balaban J connectivity index is 3.36. The van der Waals surface area contributed by atoms with Gasteiger partial charge < -0.3 is 15.9 Å². The van der Waals surface area contributed by atoms with Crippen molar-refractivity contribution < 1.29 is 10.2 Å². The topological polar surface area (TPSA) is 66.5 Å². The third kappa shape index (κ3) is 1.85. The molecule has 4 heteroatoms. The Morgan fingerprint density at radius 3 is 2.57 bits per heavy atom. The molecule has 0 aliphatic rings. The summed E-state index contributed by atoms with van der Waals surface area (Å²) in [6, 6.07) is 1.10. The van der Waals surface area contributed by atoms with Gasteiger partial charge in [0.25, 0.3) is 0 Å². The molecule has 1 aromatic rings. The first-order chi connectivity index (χ1) is 6.49. The van der Waals surface area contributed by atoms with Gasteiger partial charge >= 0.3 is 0 Å². The second kappa shape index (κ2) is 4.17. The maximum atomic E-state index is 9.42.